The summed E-state index contributed by atoms with van der Waals surface area (Å²) < 4.78 is 26.7. The minimum absolute atomic E-state index is 0.0937. The van der Waals surface area contributed by atoms with E-state index in [1.54, 1.807) is 12.1 Å². The molecule has 10 heteroatoms. The van der Waals surface area contributed by atoms with Gasteiger partial charge in [0.2, 0.25) is 15.0 Å². The SMILES string of the molecule is Cc1ccc(S(=O)(=O)c2nc(Nn3cnnc3)sc2Cl)cc1. The van der Waals surface area contributed by atoms with Gasteiger partial charge in [-0.2, -0.15) is 0 Å². The second-order valence-corrected chi connectivity index (χ2v) is 7.86. The largest absolute Gasteiger partial charge is 0.266 e. The van der Waals surface area contributed by atoms with Crippen molar-refractivity contribution in [1.29, 1.82) is 0 Å². The van der Waals surface area contributed by atoms with Gasteiger partial charge in [0, 0.05) is 0 Å². The topological polar surface area (TPSA) is 89.8 Å². The van der Waals surface area contributed by atoms with E-state index in [-0.39, 0.29) is 14.3 Å². The van der Waals surface area contributed by atoms with Gasteiger partial charge in [-0.05, 0) is 19.1 Å². The minimum atomic E-state index is -3.76. The molecule has 0 saturated heterocycles. The van der Waals surface area contributed by atoms with Crippen LogP contribution in [0.5, 0.6) is 0 Å². The molecule has 2 heterocycles. The van der Waals surface area contributed by atoms with E-state index in [1.165, 1.54) is 29.5 Å². The van der Waals surface area contributed by atoms with E-state index < -0.39 is 9.84 Å². The Balaban J connectivity index is 1.97. The summed E-state index contributed by atoms with van der Waals surface area (Å²) in [4.78, 5) is 4.22. The van der Waals surface area contributed by atoms with Gasteiger partial charge in [0.05, 0.1) is 4.90 Å². The van der Waals surface area contributed by atoms with Crippen LogP contribution in [-0.4, -0.2) is 28.3 Å². The summed E-state index contributed by atoms with van der Waals surface area (Å²) in [6.07, 6.45) is 2.84. The fourth-order valence-corrected chi connectivity index (χ4v) is 4.51. The van der Waals surface area contributed by atoms with Crippen molar-refractivity contribution >= 4 is 37.9 Å². The molecule has 3 aromatic rings. The number of halogens is 1. The van der Waals surface area contributed by atoms with Gasteiger partial charge in [-0.3, -0.25) is 5.43 Å². The van der Waals surface area contributed by atoms with Gasteiger partial charge in [0.15, 0.2) is 5.03 Å². The fraction of sp³-hybridized carbons (Fsp3) is 0.0833. The Labute approximate surface area is 135 Å². The number of aromatic nitrogens is 4. The summed E-state index contributed by atoms with van der Waals surface area (Å²) in [5.74, 6) is 0. The van der Waals surface area contributed by atoms with Crippen LogP contribution in [0.25, 0.3) is 0 Å². The number of rotatable bonds is 4. The molecule has 0 saturated carbocycles. The predicted molar refractivity (Wildman–Crippen MR) is 82.8 cm³/mol. The zero-order chi connectivity index (χ0) is 15.7. The van der Waals surface area contributed by atoms with Crippen LogP contribution < -0.4 is 5.43 Å². The monoisotopic (exact) mass is 355 g/mol. The molecule has 0 unspecified atom stereocenters. The number of nitrogens with one attached hydrogen (secondary N) is 1. The van der Waals surface area contributed by atoms with Crippen LogP contribution in [0.3, 0.4) is 0 Å². The van der Waals surface area contributed by atoms with Crippen molar-refractivity contribution in [2.75, 3.05) is 5.43 Å². The first-order valence-corrected chi connectivity index (χ1v) is 8.74. The van der Waals surface area contributed by atoms with E-state index in [9.17, 15) is 8.42 Å². The molecule has 0 radical (unpaired) electrons. The van der Waals surface area contributed by atoms with E-state index in [2.05, 4.69) is 20.6 Å². The molecule has 7 nitrogen and oxygen atoms in total. The number of sulfone groups is 1. The van der Waals surface area contributed by atoms with E-state index in [0.29, 0.717) is 5.13 Å². The Morgan fingerprint density at radius 3 is 2.45 bits per heavy atom. The number of aryl methyl sites for hydroxylation is 1. The second kappa shape index (κ2) is 5.67. The van der Waals surface area contributed by atoms with Crippen molar-refractivity contribution in [2.45, 2.75) is 16.8 Å². The summed E-state index contributed by atoms with van der Waals surface area (Å²) >= 11 is 7.07. The molecule has 0 aliphatic heterocycles. The fourth-order valence-electron chi connectivity index (χ4n) is 1.70. The maximum Gasteiger partial charge on any atom is 0.226 e. The van der Waals surface area contributed by atoms with Crippen molar-refractivity contribution in [3.8, 4) is 0 Å². The summed E-state index contributed by atoms with van der Waals surface area (Å²) in [5.41, 5.74) is 3.80. The third kappa shape index (κ3) is 2.82. The maximum atomic E-state index is 12.6. The zero-order valence-corrected chi connectivity index (χ0v) is 13.7. The molecule has 22 heavy (non-hydrogen) atoms. The number of nitrogens with zero attached hydrogens (tertiary/aromatic N) is 4. The lowest BCUT2D eigenvalue weighted by atomic mass is 10.2. The summed E-state index contributed by atoms with van der Waals surface area (Å²) in [6.45, 7) is 1.88. The highest BCUT2D eigenvalue weighted by Gasteiger charge is 2.25. The van der Waals surface area contributed by atoms with Crippen LogP contribution in [0, 0.1) is 6.92 Å². The summed E-state index contributed by atoms with van der Waals surface area (Å²) in [5, 5.41) is 7.42. The molecule has 2 aromatic heterocycles. The molecule has 1 aromatic carbocycles. The molecule has 0 aliphatic rings. The first-order chi connectivity index (χ1) is 10.5. The molecule has 0 amide bonds. The highest BCUT2D eigenvalue weighted by Crippen LogP contribution is 2.34. The Morgan fingerprint density at radius 2 is 1.82 bits per heavy atom. The Morgan fingerprint density at radius 1 is 1.18 bits per heavy atom. The lowest BCUT2D eigenvalue weighted by Gasteiger charge is -2.02. The Bertz CT molecular complexity index is 888. The Kier molecular flexibility index (Phi) is 3.85. The van der Waals surface area contributed by atoms with Crippen LogP contribution in [0.15, 0.2) is 46.8 Å². The average molecular weight is 356 g/mol. The van der Waals surface area contributed by atoms with Gasteiger partial charge in [-0.25, -0.2) is 18.1 Å². The lowest BCUT2D eigenvalue weighted by Crippen LogP contribution is -2.07. The minimum Gasteiger partial charge on any atom is -0.266 e. The normalized spacial score (nSPS) is 11.5. The van der Waals surface area contributed by atoms with E-state index in [4.69, 9.17) is 11.6 Å². The predicted octanol–water partition coefficient (Wildman–Crippen LogP) is 2.40. The molecule has 0 atom stereocenters. The van der Waals surface area contributed by atoms with Gasteiger partial charge >= 0.3 is 0 Å². The molecular formula is C12H10ClN5O2S2. The standard InChI is InChI=1S/C12H10ClN5O2S2/c1-8-2-4-9(5-3-8)22(19,20)11-10(13)21-12(16-11)17-18-6-14-15-7-18/h2-7H,1H3,(H,16,17). The van der Waals surface area contributed by atoms with E-state index >= 15 is 0 Å². The highest BCUT2D eigenvalue weighted by atomic mass is 35.5. The average Bonchev–Trinajstić information content (AvgIpc) is 3.10. The van der Waals surface area contributed by atoms with Crippen molar-refractivity contribution in [3.05, 3.63) is 46.8 Å². The number of hydrogen-bond acceptors (Lipinski definition) is 7. The smallest absolute Gasteiger partial charge is 0.226 e. The molecule has 3 rings (SSSR count). The molecule has 0 aliphatic carbocycles. The molecular weight excluding hydrogens is 346 g/mol. The number of hydrogen-bond donors (Lipinski definition) is 1. The van der Waals surface area contributed by atoms with Crippen molar-refractivity contribution in [2.24, 2.45) is 0 Å². The van der Waals surface area contributed by atoms with Gasteiger partial charge in [-0.15, -0.1) is 10.2 Å². The first-order valence-electron chi connectivity index (χ1n) is 6.06. The molecule has 0 bridgehead atoms. The Hall–Kier alpha value is -1.97. The first kappa shape index (κ1) is 14.9. The third-order valence-corrected chi connectivity index (χ3v) is 5.88. The maximum absolute atomic E-state index is 12.6. The zero-order valence-electron chi connectivity index (χ0n) is 11.3. The molecule has 0 spiro atoms. The van der Waals surface area contributed by atoms with Gasteiger partial charge < -0.3 is 0 Å². The molecule has 0 fully saturated rings. The van der Waals surface area contributed by atoms with Crippen LogP contribution in [0.1, 0.15) is 5.56 Å². The summed E-state index contributed by atoms with van der Waals surface area (Å²) in [7, 11) is -3.76. The molecule has 1 N–H and O–H groups in total. The molecule has 114 valence electrons. The van der Waals surface area contributed by atoms with Gasteiger partial charge in [0.1, 0.15) is 17.0 Å². The van der Waals surface area contributed by atoms with Crippen molar-refractivity contribution < 1.29 is 8.42 Å². The van der Waals surface area contributed by atoms with Crippen LogP contribution in [0.2, 0.25) is 4.34 Å². The van der Waals surface area contributed by atoms with Crippen LogP contribution in [0.4, 0.5) is 5.13 Å². The van der Waals surface area contributed by atoms with Gasteiger partial charge in [0.25, 0.3) is 0 Å². The third-order valence-electron chi connectivity index (χ3n) is 2.79. The lowest BCUT2D eigenvalue weighted by molar-refractivity contribution is 0.593. The van der Waals surface area contributed by atoms with E-state index in [1.807, 2.05) is 6.92 Å². The number of thiazole rings is 1. The quantitative estimate of drug-likeness (QED) is 0.772. The number of anilines is 1. The second-order valence-electron chi connectivity index (χ2n) is 4.40. The van der Waals surface area contributed by atoms with Crippen LogP contribution >= 0.6 is 22.9 Å². The van der Waals surface area contributed by atoms with Gasteiger partial charge in [-0.1, -0.05) is 40.6 Å². The summed E-state index contributed by atoms with van der Waals surface area (Å²) in [6, 6.07) is 6.52. The van der Waals surface area contributed by atoms with Crippen molar-refractivity contribution in [3.63, 3.8) is 0 Å². The van der Waals surface area contributed by atoms with E-state index in [0.717, 1.165) is 16.9 Å². The van der Waals surface area contributed by atoms with Crippen molar-refractivity contribution in [1.82, 2.24) is 19.9 Å². The number of benzene rings is 1. The van der Waals surface area contributed by atoms with Crippen LogP contribution in [-0.2, 0) is 9.84 Å². The highest BCUT2D eigenvalue weighted by molar-refractivity contribution is 7.91.